The third kappa shape index (κ3) is 2.82. The number of para-hydroxylation sites is 1. The van der Waals surface area contributed by atoms with Gasteiger partial charge in [-0.05, 0) is 36.5 Å². The average molecular weight is 317 g/mol. The number of nitrogens with one attached hydrogen (secondary N) is 1. The molecular weight excluding hydrogens is 305 g/mol. The predicted molar refractivity (Wildman–Crippen MR) is 81.3 cm³/mol. The lowest BCUT2D eigenvalue weighted by Crippen LogP contribution is -2.20. The number of aromatic nitrogens is 4. The zero-order valence-electron chi connectivity index (χ0n) is 11.4. The summed E-state index contributed by atoms with van der Waals surface area (Å²) in [6.45, 7) is -0.0958. The molecule has 1 amide bonds. The number of anilines is 1. The third-order valence-electron chi connectivity index (χ3n) is 3.00. The molecule has 0 aliphatic heterocycles. The van der Waals surface area contributed by atoms with Crippen LogP contribution < -0.4 is 5.32 Å². The zero-order valence-corrected chi connectivity index (χ0v) is 12.2. The molecule has 0 radical (unpaired) electrons. The molecular formula is C14H12FN5OS. The summed E-state index contributed by atoms with van der Waals surface area (Å²) >= 11 is 5.27. The Hall–Kier alpha value is -2.74. The highest BCUT2D eigenvalue weighted by atomic mass is 32.1. The molecule has 3 aromatic rings. The van der Waals surface area contributed by atoms with E-state index in [4.69, 9.17) is 12.2 Å². The van der Waals surface area contributed by atoms with Gasteiger partial charge in [-0.1, -0.05) is 12.1 Å². The van der Waals surface area contributed by atoms with Crippen molar-refractivity contribution in [1.29, 1.82) is 0 Å². The zero-order chi connectivity index (χ0) is 15.5. The summed E-state index contributed by atoms with van der Waals surface area (Å²) in [5.74, 6) is -0.892. The first-order valence-electron chi connectivity index (χ1n) is 6.47. The Morgan fingerprint density at radius 3 is 2.68 bits per heavy atom. The molecule has 112 valence electrons. The third-order valence-corrected chi connectivity index (χ3v) is 3.39. The Morgan fingerprint density at radius 1 is 1.23 bits per heavy atom. The van der Waals surface area contributed by atoms with Crippen molar-refractivity contribution >= 4 is 23.8 Å². The van der Waals surface area contributed by atoms with E-state index in [0.717, 1.165) is 0 Å². The first-order valence-corrected chi connectivity index (χ1v) is 6.88. The lowest BCUT2D eigenvalue weighted by atomic mass is 10.3. The van der Waals surface area contributed by atoms with Crippen molar-refractivity contribution < 1.29 is 9.18 Å². The fourth-order valence-electron chi connectivity index (χ4n) is 1.95. The summed E-state index contributed by atoms with van der Waals surface area (Å²) < 4.78 is 18.6. The molecule has 0 spiro atoms. The van der Waals surface area contributed by atoms with Crippen molar-refractivity contribution in [2.75, 3.05) is 5.32 Å². The molecule has 6 nitrogen and oxygen atoms in total. The minimum atomic E-state index is -0.489. The van der Waals surface area contributed by atoms with E-state index in [2.05, 4.69) is 10.4 Å². The number of carbonyl (C=O) groups excluding carboxylic acids is 1. The van der Waals surface area contributed by atoms with E-state index in [9.17, 15) is 9.18 Å². The van der Waals surface area contributed by atoms with Gasteiger partial charge in [0.25, 0.3) is 0 Å². The molecule has 0 saturated heterocycles. The molecule has 0 aliphatic carbocycles. The number of halogens is 1. The van der Waals surface area contributed by atoms with E-state index in [1.165, 1.54) is 23.1 Å². The second kappa shape index (κ2) is 5.94. The molecule has 0 unspecified atom stereocenters. The number of benzene rings is 1. The standard InChI is InChI=1S/C14H12FN5OS/c15-11-5-1-2-6-12(11)17-13(21)9-19-14(22)20(10-16-19)18-7-3-4-8-18/h1-8,10H,9H2,(H,17,21). The van der Waals surface area contributed by atoms with E-state index >= 15 is 0 Å². The molecule has 1 N–H and O–H groups in total. The number of amides is 1. The van der Waals surface area contributed by atoms with Crippen molar-refractivity contribution in [2.45, 2.75) is 6.54 Å². The van der Waals surface area contributed by atoms with E-state index < -0.39 is 11.7 Å². The van der Waals surface area contributed by atoms with Crippen LogP contribution in [-0.4, -0.2) is 25.0 Å². The summed E-state index contributed by atoms with van der Waals surface area (Å²) in [6.07, 6.45) is 5.13. The average Bonchev–Trinajstić information content (AvgIpc) is 3.12. The molecule has 0 fully saturated rings. The predicted octanol–water partition coefficient (Wildman–Crippen LogP) is 2.30. The minimum Gasteiger partial charge on any atom is -0.322 e. The molecule has 2 aromatic heterocycles. The fraction of sp³-hybridized carbons (Fsp3) is 0.0714. The molecule has 8 heteroatoms. The van der Waals surface area contributed by atoms with E-state index in [1.54, 1.807) is 33.9 Å². The van der Waals surface area contributed by atoms with Gasteiger partial charge in [-0.25, -0.2) is 13.7 Å². The summed E-state index contributed by atoms with van der Waals surface area (Å²) in [7, 11) is 0. The monoisotopic (exact) mass is 317 g/mol. The smallest absolute Gasteiger partial charge is 0.246 e. The van der Waals surface area contributed by atoms with Crippen molar-refractivity contribution in [3.8, 4) is 0 Å². The van der Waals surface area contributed by atoms with E-state index in [1.807, 2.05) is 12.1 Å². The SMILES string of the molecule is O=C(Cn1ncn(-n2cccc2)c1=S)Nc1ccccc1F. The van der Waals surface area contributed by atoms with Gasteiger partial charge < -0.3 is 5.32 Å². The van der Waals surface area contributed by atoms with Crippen LogP contribution in [0.25, 0.3) is 0 Å². The second-order valence-corrected chi connectivity index (χ2v) is 4.87. The highest BCUT2D eigenvalue weighted by Crippen LogP contribution is 2.12. The summed E-state index contributed by atoms with van der Waals surface area (Å²) in [5.41, 5.74) is 0.129. The van der Waals surface area contributed by atoms with Crippen LogP contribution in [0.3, 0.4) is 0 Å². The molecule has 22 heavy (non-hydrogen) atoms. The van der Waals surface area contributed by atoms with Gasteiger partial charge in [0.2, 0.25) is 10.7 Å². The molecule has 0 bridgehead atoms. The first kappa shape index (κ1) is 14.2. The number of hydrogen-bond acceptors (Lipinski definition) is 3. The number of rotatable bonds is 4. The van der Waals surface area contributed by atoms with Crippen molar-refractivity contribution in [3.05, 3.63) is 65.7 Å². The van der Waals surface area contributed by atoms with Crippen LogP contribution >= 0.6 is 12.2 Å². The Kier molecular flexibility index (Phi) is 3.84. The minimum absolute atomic E-state index is 0.0958. The fourth-order valence-corrected chi connectivity index (χ4v) is 2.21. The van der Waals surface area contributed by atoms with Crippen LogP contribution in [0.5, 0.6) is 0 Å². The van der Waals surface area contributed by atoms with Gasteiger partial charge in [-0.15, -0.1) is 0 Å². The van der Waals surface area contributed by atoms with E-state index in [-0.39, 0.29) is 12.2 Å². The highest BCUT2D eigenvalue weighted by Gasteiger charge is 2.10. The molecule has 1 aromatic carbocycles. The normalized spacial score (nSPS) is 10.6. The van der Waals surface area contributed by atoms with Crippen LogP contribution in [-0.2, 0) is 11.3 Å². The molecule has 0 aliphatic rings. The number of nitrogens with zero attached hydrogens (tertiary/aromatic N) is 4. The second-order valence-electron chi connectivity index (χ2n) is 4.51. The van der Waals surface area contributed by atoms with Gasteiger partial charge in [-0.2, -0.15) is 5.10 Å². The van der Waals surface area contributed by atoms with Crippen LogP contribution in [0.4, 0.5) is 10.1 Å². The van der Waals surface area contributed by atoms with Crippen LogP contribution in [0, 0.1) is 10.6 Å². The topological polar surface area (TPSA) is 56.8 Å². The maximum Gasteiger partial charge on any atom is 0.246 e. The van der Waals surface area contributed by atoms with Gasteiger partial charge in [0.15, 0.2) is 0 Å². The van der Waals surface area contributed by atoms with Crippen molar-refractivity contribution in [2.24, 2.45) is 0 Å². The van der Waals surface area contributed by atoms with Crippen LogP contribution in [0.2, 0.25) is 0 Å². The van der Waals surface area contributed by atoms with Crippen molar-refractivity contribution in [3.63, 3.8) is 0 Å². The number of carbonyl (C=O) groups is 1. The Bertz CT molecular complexity index is 852. The first-order chi connectivity index (χ1) is 10.6. The molecule has 2 heterocycles. The van der Waals surface area contributed by atoms with Gasteiger partial charge >= 0.3 is 0 Å². The lowest BCUT2D eigenvalue weighted by molar-refractivity contribution is -0.117. The van der Waals surface area contributed by atoms with Crippen molar-refractivity contribution in [1.82, 2.24) is 19.1 Å². The highest BCUT2D eigenvalue weighted by molar-refractivity contribution is 7.71. The molecule has 0 atom stereocenters. The summed E-state index contributed by atoms with van der Waals surface area (Å²) in [5, 5.41) is 6.57. The lowest BCUT2D eigenvalue weighted by Gasteiger charge is -2.06. The van der Waals surface area contributed by atoms with Crippen LogP contribution in [0.1, 0.15) is 0 Å². The van der Waals surface area contributed by atoms with Crippen LogP contribution in [0.15, 0.2) is 55.1 Å². The summed E-state index contributed by atoms with van der Waals surface area (Å²) in [6, 6.07) is 9.67. The molecule has 0 saturated carbocycles. The maximum atomic E-state index is 13.5. The Labute approximate surface area is 130 Å². The number of hydrogen-bond donors (Lipinski definition) is 1. The van der Waals surface area contributed by atoms with Gasteiger partial charge in [-0.3, -0.25) is 9.47 Å². The maximum absolute atomic E-state index is 13.5. The largest absolute Gasteiger partial charge is 0.322 e. The summed E-state index contributed by atoms with van der Waals surface area (Å²) in [4.78, 5) is 12.0. The quantitative estimate of drug-likeness (QED) is 0.751. The Morgan fingerprint density at radius 2 is 1.95 bits per heavy atom. The van der Waals surface area contributed by atoms with Gasteiger partial charge in [0.1, 0.15) is 18.7 Å². The molecule has 3 rings (SSSR count). The van der Waals surface area contributed by atoms with Gasteiger partial charge in [0, 0.05) is 12.4 Å². The Balaban J connectivity index is 1.75. The van der Waals surface area contributed by atoms with Gasteiger partial charge in [0.05, 0.1) is 5.69 Å². The van der Waals surface area contributed by atoms with E-state index in [0.29, 0.717) is 4.77 Å².